The second-order valence-electron chi connectivity index (χ2n) is 5.23. The highest BCUT2D eigenvalue weighted by Crippen LogP contribution is 2.40. The summed E-state index contributed by atoms with van der Waals surface area (Å²) in [7, 11) is 2.30. The molecule has 15 heavy (non-hydrogen) atoms. The summed E-state index contributed by atoms with van der Waals surface area (Å²) >= 11 is 2.08. The van der Waals surface area contributed by atoms with Gasteiger partial charge in [-0.3, -0.25) is 4.90 Å². The van der Waals surface area contributed by atoms with E-state index in [0.29, 0.717) is 5.54 Å². The lowest BCUT2D eigenvalue weighted by Gasteiger charge is -2.47. The normalized spacial score (nSPS) is 28.0. The van der Waals surface area contributed by atoms with Gasteiger partial charge in [-0.05, 0) is 57.1 Å². The van der Waals surface area contributed by atoms with E-state index in [1.54, 1.807) is 0 Å². The van der Waals surface area contributed by atoms with Gasteiger partial charge < -0.3 is 5.73 Å². The van der Waals surface area contributed by atoms with Crippen LogP contribution in [0.25, 0.3) is 0 Å². The topological polar surface area (TPSA) is 29.3 Å². The Hall–Kier alpha value is 0.270. The zero-order valence-corrected chi connectivity index (χ0v) is 10.9. The zero-order valence-electron chi connectivity index (χ0n) is 10.0. The number of nitrogens with zero attached hydrogens (tertiary/aromatic N) is 1. The number of nitrogens with two attached hydrogens (primary N) is 1. The molecule has 0 aromatic rings. The molecule has 1 aliphatic heterocycles. The van der Waals surface area contributed by atoms with Gasteiger partial charge in [-0.2, -0.15) is 11.8 Å². The highest BCUT2D eigenvalue weighted by molar-refractivity contribution is 7.99. The Morgan fingerprint density at radius 3 is 2.47 bits per heavy atom. The third kappa shape index (κ3) is 2.34. The second kappa shape index (κ2) is 4.64. The summed E-state index contributed by atoms with van der Waals surface area (Å²) < 4.78 is 0. The van der Waals surface area contributed by atoms with Crippen molar-refractivity contribution in [2.24, 2.45) is 11.7 Å². The maximum absolute atomic E-state index is 6.05. The van der Waals surface area contributed by atoms with E-state index in [-0.39, 0.29) is 0 Å². The molecular formula is C12H24N2S. The lowest BCUT2D eigenvalue weighted by molar-refractivity contribution is 0.0663. The molecule has 2 rings (SSSR count). The van der Waals surface area contributed by atoms with Gasteiger partial charge in [0.05, 0.1) is 0 Å². The van der Waals surface area contributed by atoms with Crippen molar-refractivity contribution in [2.45, 2.75) is 44.2 Å². The van der Waals surface area contributed by atoms with Crippen molar-refractivity contribution >= 4 is 11.8 Å². The Kier molecular flexibility index (Phi) is 3.63. The van der Waals surface area contributed by atoms with Crippen LogP contribution >= 0.6 is 11.8 Å². The van der Waals surface area contributed by atoms with Crippen molar-refractivity contribution < 1.29 is 0 Å². The van der Waals surface area contributed by atoms with Crippen molar-refractivity contribution in [3.05, 3.63) is 0 Å². The van der Waals surface area contributed by atoms with Crippen LogP contribution in [0.4, 0.5) is 0 Å². The van der Waals surface area contributed by atoms with Crippen LogP contribution in [0.5, 0.6) is 0 Å². The molecule has 0 amide bonds. The van der Waals surface area contributed by atoms with E-state index in [0.717, 1.165) is 18.5 Å². The van der Waals surface area contributed by atoms with Crippen molar-refractivity contribution in [2.75, 3.05) is 25.1 Å². The molecule has 2 N–H and O–H groups in total. The number of hydrogen-bond donors (Lipinski definition) is 1. The fourth-order valence-electron chi connectivity index (χ4n) is 2.78. The Morgan fingerprint density at radius 1 is 1.40 bits per heavy atom. The van der Waals surface area contributed by atoms with E-state index in [2.05, 4.69) is 30.6 Å². The minimum atomic E-state index is 0.313. The van der Waals surface area contributed by atoms with Crippen LogP contribution in [-0.2, 0) is 0 Å². The first-order valence-electron chi connectivity index (χ1n) is 6.20. The molecule has 1 unspecified atom stereocenters. The monoisotopic (exact) mass is 228 g/mol. The van der Waals surface area contributed by atoms with Gasteiger partial charge in [0.15, 0.2) is 0 Å². The third-order valence-electron chi connectivity index (χ3n) is 4.47. The van der Waals surface area contributed by atoms with Crippen LogP contribution in [0.1, 0.15) is 32.6 Å². The number of rotatable bonds is 4. The molecule has 88 valence electrons. The summed E-state index contributed by atoms with van der Waals surface area (Å²) in [5, 5.41) is 0. The standard InChI is InChI=1S/C12H24N2S/c1-10(11-3-4-11)14(2)12(9-13)5-7-15-8-6-12/h10-11H,3-9,13H2,1-2H3. The fraction of sp³-hybridized carbons (Fsp3) is 1.00. The van der Waals surface area contributed by atoms with Crippen molar-refractivity contribution in [3.63, 3.8) is 0 Å². The van der Waals surface area contributed by atoms with Crippen molar-refractivity contribution in [1.29, 1.82) is 0 Å². The summed E-state index contributed by atoms with van der Waals surface area (Å²) in [6.45, 7) is 3.22. The van der Waals surface area contributed by atoms with Gasteiger partial charge in [-0.15, -0.1) is 0 Å². The molecule has 0 aromatic carbocycles. The van der Waals surface area contributed by atoms with Gasteiger partial charge in [-0.25, -0.2) is 0 Å². The van der Waals surface area contributed by atoms with Crippen LogP contribution in [0, 0.1) is 5.92 Å². The molecule has 1 saturated heterocycles. The Balaban J connectivity index is 2.02. The number of hydrogen-bond acceptors (Lipinski definition) is 3. The summed E-state index contributed by atoms with van der Waals surface area (Å²) in [5.41, 5.74) is 6.36. The molecule has 2 fully saturated rings. The highest BCUT2D eigenvalue weighted by Gasteiger charge is 2.41. The first-order valence-corrected chi connectivity index (χ1v) is 7.36. The van der Waals surface area contributed by atoms with Crippen molar-refractivity contribution in [1.82, 2.24) is 4.90 Å². The summed E-state index contributed by atoms with van der Waals surface area (Å²) in [6, 6.07) is 0.733. The average molecular weight is 228 g/mol. The van der Waals surface area contributed by atoms with E-state index < -0.39 is 0 Å². The summed E-state index contributed by atoms with van der Waals surface area (Å²) in [4.78, 5) is 2.60. The molecule has 3 heteroatoms. The molecule has 1 atom stereocenters. The number of likely N-dealkylation sites (N-methyl/N-ethyl adjacent to an activating group) is 1. The maximum Gasteiger partial charge on any atom is 0.0347 e. The van der Waals surface area contributed by atoms with E-state index in [9.17, 15) is 0 Å². The van der Waals surface area contributed by atoms with Crippen LogP contribution in [0.15, 0.2) is 0 Å². The van der Waals surface area contributed by atoms with Crippen LogP contribution < -0.4 is 5.73 Å². The van der Waals surface area contributed by atoms with E-state index in [1.807, 2.05) is 0 Å². The minimum absolute atomic E-state index is 0.313. The third-order valence-corrected chi connectivity index (χ3v) is 5.45. The van der Waals surface area contributed by atoms with Crippen LogP contribution in [0.2, 0.25) is 0 Å². The van der Waals surface area contributed by atoms with Crippen LogP contribution in [0.3, 0.4) is 0 Å². The Morgan fingerprint density at radius 2 is 2.00 bits per heavy atom. The quantitative estimate of drug-likeness (QED) is 0.797. The molecule has 1 heterocycles. The van der Waals surface area contributed by atoms with Gasteiger partial charge >= 0.3 is 0 Å². The summed E-state index contributed by atoms with van der Waals surface area (Å²) in [6.07, 6.45) is 5.42. The SMILES string of the molecule is CC(C1CC1)N(C)C1(CN)CCSCC1. The molecular weight excluding hydrogens is 204 g/mol. The average Bonchev–Trinajstić information content (AvgIpc) is 3.12. The molecule has 2 nitrogen and oxygen atoms in total. The van der Waals surface area contributed by atoms with Gasteiger partial charge in [0.2, 0.25) is 0 Å². The van der Waals surface area contributed by atoms with E-state index in [1.165, 1.54) is 37.2 Å². The maximum atomic E-state index is 6.05. The first kappa shape index (κ1) is 11.7. The van der Waals surface area contributed by atoms with Gasteiger partial charge in [0.1, 0.15) is 0 Å². The van der Waals surface area contributed by atoms with Crippen molar-refractivity contribution in [3.8, 4) is 0 Å². The number of thioether (sulfide) groups is 1. The molecule has 1 saturated carbocycles. The Bertz CT molecular complexity index is 210. The van der Waals surface area contributed by atoms with E-state index in [4.69, 9.17) is 5.73 Å². The lowest BCUT2D eigenvalue weighted by Crippen LogP contribution is -2.57. The molecule has 0 aromatic heterocycles. The molecule has 0 bridgehead atoms. The second-order valence-corrected chi connectivity index (χ2v) is 6.45. The predicted octanol–water partition coefficient (Wildman–Crippen LogP) is 1.94. The molecule has 0 radical (unpaired) electrons. The summed E-state index contributed by atoms with van der Waals surface area (Å²) in [5.74, 6) is 3.53. The molecule has 2 aliphatic rings. The lowest BCUT2D eigenvalue weighted by atomic mass is 9.88. The van der Waals surface area contributed by atoms with Gasteiger partial charge in [0.25, 0.3) is 0 Å². The highest BCUT2D eigenvalue weighted by atomic mass is 32.2. The van der Waals surface area contributed by atoms with Crippen LogP contribution in [-0.4, -0.2) is 41.6 Å². The zero-order chi connectivity index (χ0) is 10.9. The Labute approximate surface area is 98.0 Å². The van der Waals surface area contributed by atoms with Gasteiger partial charge in [0, 0.05) is 18.1 Å². The smallest absolute Gasteiger partial charge is 0.0347 e. The first-order chi connectivity index (χ1) is 7.19. The fourth-order valence-corrected chi connectivity index (χ4v) is 4.03. The molecule has 0 spiro atoms. The van der Waals surface area contributed by atoms with E-state index >= 15 is 0 Å². The largest absolute Gasteiger partial charge is 0.329 e. The molecule has 1 aliphatic carbocycles. The predicted molar refractivity (Wildman–Crippen MR) is 68.3 cm³/mol. The van der Waals surface area contributed by atoms with Gasteiger partial charge in [-0.1, -0.05) is 0 Å². The minimum Gasteiger partial charge on any atom is -0.329 e.